The molecule has 2 aliphatic heterocycles. The fourth-order valence-corrected chi connectivity index (χ4v) is 4.28. The van der Waals surface area contributed by atoms with E-state index in [2.05, 4.69) is 16.5 Å². The monoisotopic (exact) mass is 283 g/mol. The van der Waals surface area contributed by atoms with E-state index < -0.39 is 5.97 Å². The van der Waals surface area contributed by atoms with Crippen molar-refractivity contribution < 1.29 is 9.90 Å². The van der Waals surface area contributed by atoms with Gasteiger partial charge >= 0.3 is 0 Å². The predicted molar refractivity (Wildman–Crippen MR) is 79.1 cm³/mol. The van der Waals surface area contributed by atoms with Gasteiger partial charge < -0.3 is 19.4 Å². The molecule has 2 bridgehead atoms. The van der Waals surface area contributed by atoms with Crippen LogP contribution in [0.2, 0.25) is 0 Å². The number of carboxylic acid groups (broad SMARTS) is 1. The van der Waals surface area contributed by atoms with Crippen LogP contribution in [-0.2, 0) is 0 Å². The van der Waals surface area contributed by atoms with Crippen LogP contribution < -0.4 is 5.11 Å². The Hall–Kier alpha value is -1.81. The van der Waals surface area contributed by atoms with Crippen LogP contribution in [0.3, 0.4) is 0 Å². The molecule has 110 valence electrons. The van der Waals surface area contributed by atoms with Crippen molar-refractivity contribution in [3.8, 4) is 0 Å². The van der Waals surface area contributed by atoms with Crippen molar-refractivity contribution in [2.45, 2.75) is 43.8 Å². The van der Waals surface area contributed by atoms with Crippen LogP contribution in [-0.4, -0.2) is 34.6 Å². The molecule has 0 amide bonds. The molecule has 2 fully saturated rings. The van der Waals surface area contributed by atoms with E-state index in [-0.39, 0.29) is 0 Å². The lowest BCUT2D eigenvalue weighted by atomic mass is 9.97. The maximum Gasteiger partial charge on any atom is 0.0736 e. The van der Waals surface area contributed by atoms with Gasteiger partial charge in [0, 0.05) is 40.8 Å². The van der Waals surface area contributed by atoms with Crippen LogP contribution in [0.15, 0.2) is 30.5 Å². The number of hydrogen-bond acceptors (Lipinski definition) is 3. The number of aromatic carboxylic acids is 1. The summed E-state index contributed by atoms with van der Waals surface area (Å²) < 4.78 is 2.18. The minimum absolute atomic E-state index is 0.317. The zero-order chi connectivity index (χ0) is 14.6. The summed E-state index contributed by atoms with van der Waals surface area (Å²) in [6, 6.07) is 9.43. The molecule has 0 saturated carbocycles. The van der Waals surface area contributed by atoms with Crippen LogP contribution in [0, 0.1) is 0 Å². The quantitative estimate of drug-likeness (QED) is 0.844. The van der Waals surface area contributed by atoms with Crippen LogP contribution in [0.5, 0.6) is 0 Å². The number of fused-ring (bicyclic) bond motifs is 3. The van der Waals surface area contributed by atoms with Gasteiger partial charge in [0.1, 0.15) is 0 Å². The number of hydrogen-bond donors (Lipinski definition) is 0. The normalized spacial score (nSPS) is 29.1. The molecule has 2 aliphatic rings. The molecule has 0 spiro atoms. The van der Waals surface area contributed by atoms with Gasteiger partial charge in [-0.2, -0.15) is 0 Å². The Morgan fingerprint density at radius 1 is 1.14 bits per heavy atom. The average Bonchev–Trinajstić information content (AvgIpc) is 2.93. The van der Waals surface area contributed by atoms with Crippen molar-refractivity contribution in [3.63, 3.8) is 0 Å². The third-order valence-corrected chi connectivity index (χ3v) is 5.43. The van der Waals surface area contributed by atoms with E-state index in [0.717, 1.165) is 23.7 Å². The fourth-order valence-electron chi connectivity index (χ4n) is 4.28. The minimum atomic E-state index is -1.08. The summed E-state index contributed by atoms with van der Waals surface area (Å²) in [6.07, 6.45) is 6.54. The van der Waals surface area contributed by atoms with Crippen molar-refractivity contribution in [1.82, 2.24) is 9.47 Å². The molecule has 2 aromatic rings. The summed E-state index contributed by atoms with van der Waals surface area (Å²) in [5.74, 6) is -1.08. The molecule has 0 radical (unpaired) electrons. The van der Waals surface area contributed by atoms with Crippen molar-refractivity contribution in [2.75, 3.05) is 7.05 Å². The van der Waals surface area contributed by atoms with Crippen LogP contribution in [0.1, 0.15) is 42.1 Å². The van der Waals surface area contributed by atoms with E-state index in [1.54, 1.807) is 6.20 Å². The Balaban J connectivity index is 1.79. The average molecular weight is 283 g/mol. The molecule has 1 aromatic heterocycles. The molecule has 1 aromatic carbocycles. The first-order chi connectivity index (χ1) is 10.1. The zero-order valence-corrected chi connectivity index (χ0v) is 12.2. The van der Waals surface area contributed by atoms with Crippen LogP contribution in [0.25, 0.3) is 10.9 Å². The number of carbonyl (C=O) groups excluding carboxylic acids is 1. The molecule has 0 N–H and O–H groups in total. The van der Waals surface area contributed by atoms with Crippen LogP contribution in [0.4, 0.5) is 0 Å². The number of nitrogens with zero attached hydrogens (tertiary/aromatic N) is 2. The largest absolute Gasteiger partial charge is 0.545 e. The van der Waals surface area contributed by atoms with E-state index in [0.29, 0.717) is 23.7 Å². The minimum Gasteiger partial charge on any atom is -0.545 e. The predicted octanol–water partition coefficient (Wildman–Crippen LogP) is 1.80. The molecular weight excluding hydrogens is 264 g/mol. The van der Waals surface area contributed by atoms with Crippen molar-refractivity contribution in [2.24, 2.45) is 0 Å². The van der Waals surface area contributed by atoms with Gasteiger partial charge in [0.2, 0.25) is 0 Å². The Morgan fingerprint density at radius 3 is 2.48 bits per heavy atom. The van der Waals surface area contributed by atoms with E-state index in [9.17, 15) is 9.90 Å². The third kappa shape index (κ3) is 1.89. The van der Waals surface area contributed by atoms with Crippen molar-refractivity contribution in [1.29, 1.82) is 0 Å². The number of carboxylic acids is 1. The Morgan fingerprint density at radius 2 is 1.81 bits per heavy atom. The lowest BCUT2D eigenvalue weighted by Crippen LogP contribution is -2.40. The van der Waals surface area contributed by atoms with Gasteiger partial charge in [0.15, 0.2) is 0 Å². The van der Waals surface area contributed by atoms with Crippen molar-refractivity contribution >= 4 is 16.9 Å². The molecule has 4 nitrogen and oxygen atoms in total. The second-order valence-corrected chi connectivity index (χ2v) is 6.43. The fraction of sp³-hybridized carbons (Fsp3) is 0.471. The number of carbonyl (C=O) groups is 1. The van der Waals surface area contributed by atoms with Gasteiger partial charge in [-0.05, 0) is 38.8 Å². The van der Waals surface area contributed by atoms with Crippen LogP contribution >= 0.6 is 0 Å². The highest BCUT2D eigenvalue weighted by atomic mass is 16.4. The summed E-state index contributed by atoms with van der Waals surface area (Å²) in [6.45, 7) is 0. The highest BCUT2D eigenvalue weighted by Gasteiger charge is 2.39. The maximum atomic E-state index is 11.4. The second-order valence-electron chi connectivity index (χ2n) is 6.43. The first-order valence-electron chi connectivity index (χ1n) is 7.68. The van der Waals surface area contributed by atoms with E-state index in [1.165, 1.54) is 12.8 Å². The standard InChI is InChI=1S/C17H20N2O2/c1-18-11-6-7-12(18)9-13(8-11)19-10-15(17(20)21)14-4-2-3-5-16(14)19/h2-5,10-13H,6-9H2,1H3,(H,20,21)/p-1/t11-,12+,13?. The topological polar surface area (TPSA) is 48.3 Å². The number of aromatic nitrogens is 1. The summed E-state index contributed by atoms with van der Waals surface area (Å²) >= 11 is 0. The van der Waals surface area contributed by atoms with Gasteiger partial charge in [0.05, 0.1) is 5.97 Å². The van der Waals surface area contributed by atoms with Gasteiger partial charge in [-0.25, -0.2) is 0 Å². The zero-order valence-electron chi connectivity index (χ0n) is 12.2. The van der Waals surface area contributed by atoms with Gasteiger partial charge in [-0.3, -0.25) is 0 Å². The number of rotatable bonds is 2. The maximum absolute atomic E-state index is 11.4. The molecular formula is C17H19N2O2-. The molecule has 21 heavy (non-hydrogen) atoms. The third-order valence-electron chi connectivity index (χ3n) is 5.43. The highest BCUT2D eigenvalue weighted by Crippen LogP contribution is 2.41. The molecule has 4 heteroatoms. The van der Waals surface area contributed by atoms with Gasteiger partial charge in [-0.1, -0.05) is 18.2 Å². The lowest BCUT2D eigenvalue weighted by molar-refractivity contribution is -0.254. The number of benzene rings is 1. The molecule has 4 rings (SSSR count). The van der Waals surface area contributed by atoms with E-state index >= 15 is 0 Å². The Kier molecular flexibility index (Phi) is 2.82. The lowest BCUT2D eigenvalue weighted by Gasteiger charge is -2.37. The molecule has 2 saturated heterocycles. The molecule has 1 unspecified atom stereocenters. The number of piperidine rings is 1. The first-order valence-corrected chi connectivity index (χ1v) is 7.68. The smallest absolute Gasteiger partial charge is 0.0736 e. The van der Waals surface area contributed by atoms with Gasteiger partial charge in [-0.15, -0.1) is 0 Å². The molecule has 3 atom stereocenters. The van der Waals surface area contributed by atoms with E-state index in [1.807, 2.05) is 24.3 Å². The summed E-state index contributed by atoms with van der Waals surface area (Å²) in [4.78, 5) is 13.9. The molecule has 3 heterocycles. The molecule has 0 aliphatic carbocycles. The Labute approximate surface area is 124 Å². The second kappa shape index (κ2) is 4.60. The first kappa shape index (κ1) is 12.9. The van der Waals surface area contributed by atoms with Gasteiger partial charge in [0.25, 0.3) is 0 Å². The summed E-state index contributed by atoms with van der Waals surface area (Å²) in [5, 5.41) is 12.2. The van der Waals surface area contributed by atoms with Crippen molar-refractivity contribution in [3.05, 3.63) is 36.0 Å². The summed E-state index contributed by atoms with van der Waals surface area (Å²) in [7, 11) is 2.22. The highest BCUT2D eigenvalue weighted by molar-refractivity contribution is 6.02. The SMILES string of the molecule is CN1[C@@H]2CC[C@H]1CC(n1cc(C(=O)[O-])c3ccccc31)C2. The van der Waals surface area contributed by atoms with E-state index in [4.69, 9.17) is 0 Å². The summed E-state index contributed by atoms with van der Waals surface area (Å²) in [5.41, 5.74) is 1.34. The number of para-hydroxylation sites is 1. The Bertz CT molecular complexity index is 692.